The van der Waals surface area contributed by atoms with Crippen molar-refractivity contribution < 1.29 is 5.11 Å². The maximum atomic E-state index is 10.9. The van der Waals surface area contributed by atoms with Gasteiger partial charge in [0.1, 0.15) is 0 Å². The lowest BCUT2D eigenvalue weighted by atomic mass is 9.70. The lowest BCUT2D eigenvalue weighted by Gasteiger charge is -2.40. The molecule has 88 valence electrons. The molecule has 0 radical (unpaired) electrons. The maximum Gasteiger partial charge on any atom is 0.0924 e. The van der Waals surface area contributed by atoms with Crippen molar-refractivity contribution in [2.75, 3.05) is 0 Å². The van der Waals surface area contributed by atoms with Gasteiger partial charge in [0, 0.05) is 0 Å². The van der Waals surface area contributed by atoms with Gasteiger partial charge in [-0.1, -0.05) is 56.0 Å². The fraction of sp³-hybridized carbons (Fsp3) is 0.600. The van der Waals surface area contributed by atoms with Crippen molar-refractivity contribution in [1.29, 1.82) is 0 Å². The zero-order chi connectivity index (χ0) is 11.6. The Morgan fingerprint density at radius 1 is 1.25 bits per heavy atom. The van der Waals surface area contributed by atoms with E-state index in [-0.39, 0.29) is 0 Å². The van der Waals surface area contributed by atoms with Crippen molar-refractivity contribution in [2.45, 2.75) is 51.6 Å². The van der Waals surface area contributed by atoms with Gasteiger partial charge >= 0.3 is 0 Å². The normalized spacial score (nSPS) is 30.3. The van der Waals surface area contributed by atoms with Gasteiger partial charge in [0.05, 0.1) is 5.60 Å². The van der Waals surface area contributed by atoms with Crippen molar-refractivity contribution in [3.05, 3.63) is 35.4 Å². The van der Waals surface area contributed by atoms with E-state index in [2.05, 4.69) is 38.1 Å². The SMILES string of the molecule is CCC1CCCCC1(O)c1ccc(C)cc1. The van der Waals surface area contributed by atoms with Gasteiger partial charge in [-0.05, 0) is 31.2 Å². The number of benzene rings is 1. The third kappa shape index (κ3) is 2.01. The second kappa shape index (κ2) is 4.58. The highest BCUT2D eigenvalue weighted by Crippen LogP contribution is 2.43. The molecule has 1 aliphatic carbocycles. The van der Waals surface area contributed by atoms with E-state index in [4.69, 9.17) is 0 Å². The fourth-order valence-corrected chi connectivity index (χ4v) is 2.99. The smallest absolute Gasteiger partial charge is 0.0924 e. The Balaban J connectivity index is 2.31. The summed E-state index contributed by atoms with van der Waals surface area (Å²) in [6.45, 7) is 4.28. The number of hydrogen-bond donors (Lipinski definition) is 1. The second-order valence-corrected chi connectivity index (χ2v) is 5.14. The Hall–Kier alpha value is -0.820. The summed E-state index contributed by atoms with van der Waals surface area (Å²) in [7, 11) is 0. The molecule has 0 amide bonds. The molecule has 0 heterocycles. The largest absolute Gasteiger partial charge is 0.385 e. The molecule has 1 N–H and O–H groups in total. The molecule has 1 aromatic carbocycles. The van der Waals surface area contributed by atoms with Crippen LogP contribution in [-0.4, -0.2) is 5.11 Å². The molecule has 0 spiro atoms. The van der Waals surface area contributed by atoms with E-state index in [1.165, 1.54) is 18.4 Å². The van der Waals surface area contributed by atoms with Crippen LogP contribution < -0.4 is 0 Å². The first-order valence-electron chi connectivity index (χ1n) is 6.46. The van der Waals surface area contributed by atoms with Crippen LogP contribution in [0.15, 0.2) is 24.3 Å². The third-order valence-electron chi connectivity index (χ3n) is 4.08. The molecule has 1 aromatic rings. The number of hydrogen-bond acceptors (Lipinski definition) is 1. The average molecular weight is 218 g/mol. The highest BCUT2D eigenvalue weighted by atomic mass is 16.3. The van der Waals surface area contributed by atoms with E-state index in [1.807, 2.05) is 0 Å². The predicted octanol–water partition coefficient (Wildman–Crippen LogP) is 3.78. The molecular weight excluding hydrogens is 196 g/mol. The summed E-state index contributed by atoms with van der Waals surface area (Å²) in [6, 6.07) is 8.41. The molecule has 1 aliphatic rings. The highest BCUT2D eigenvalue weighted by Gasteiger charge is 2.38. The van der Waals surface area contributed by atoms with E-state index in [1.54, 1.807) is 0 Å². The van der Waals surface area contributed by atoms with Gasteiger partial charge in [-0.25, -0.2) is 0 Å². The number of aliphatic hydroxyl groups is 1. The minimum atomic E-state index is -0.569. The van der Waals surface area contributed by atoms with Gasteiger partial charge in [-0.15, -0.1) is 0 Å². The van der Waals surface area contributed by atoms with Crippen LogP contribution in [0.25, 0.3) is 0 Å². The van der Waals surface area contributed by atoms with Gasteiger partial charge < -0.3 is 5.11 Å². The van der Waals surface area contributed by atoms with Crippen LogP contribution in [0.1, 0.15) is 50.2 Å². The van der Waals surface area contributed by atoms with Crippen molar-refractivity contribution in [3.63, 3.8) is 0 Å². The molecule has 1 fully saturated rings. The van der Waals surface area contributed by atoms with Gasteiger partial charge in [0.15, 0.2) is 0 Å². The van der Waals surface area contributed by atoms with Crippen LogP contribution in [0.3, 0.4) is 0 Å². The molecule has 0 aromatic heterocycles. The minimum absolute atomic E-state index is 0.434. The maximum absolute atomic E-state index is 10.9. The lowest BCUT2D eigenvalue weighted by Crippen LogP contribution is -2.37. The molecule has 16 heavy (non-hydrogen) atoms. The van der Waals surface area contributed by atoms with Crippen LogP contribution >= 0.6 is 0 Å². The van der Waals surface area contributed by atoms with Crippen LogP contribution in [0, 0.1) is 12.8 Å². The summed E-state index contributed by atoms with van der Waals surface area (Å²) in [5.74, 6) is 0.434. The number of rotatable bonds is 2. The van der Waals surface area contributed by atoms with Crippen molar-refractivity contribution in [1.82, 2.24) is 0 Å². The van der Waals surface area contributed by atoms with Crippen molar-refractivity contribution in [3.8, 4) is 0 Å². The Bertz CT molecular complexity index is 341. The van der Waals surface area contributed by atoms with Crippen molar-refractivity contribution >= 4 is 0 Å². The Kier molecular flexibility index (Phi) is 3.34. The molecule has 2 atom stereocenters. The molecule has 0 aliphatic heterocycles. The molecule has 2 rings (SSSR count). The van der Waals surface area contributed by atoms with Crippen LogP contribution in [0.5, 0.6) is 0 Å². The molecule has 0 saturated heterocycles. The van der Waals surface area contributed by atoms with Gasteiger partial charge in [-0.3, -0.25) is 0 Å². The van der Waals surface area contributed by atoms with Crippen molar-refractivity contribution in [2.24, 2.45) is 5.92 Å². The summed E-state index contributed by atoms with van der Waals surface area (Å²) in [6.07, 6.45) is 5.59. The number of aryl methyl sites for hydroxylation is 1. The third-order valence-corrected chi connectivity index (χ3v) is 4.08. The van der Waals surface area contributed by atoms with Crippen LogP contribution in [0.4, 0.5) is 0 Å². The quantitative estimate of drug-likeness (QED) is 0.801. The first-order valence-corrected chi connectivity index (χ1v) is 6.46. The zero-order valence-corrected chi connectivity index (χ0v) is 10.4. The predicted molar refractivity (Wildman–Crippen MR) is 67.3 cm³/mol. The first kappa shape index (κ1) is 11.7. The van der Waals surface area contributed by atoms with Gasteiger partial charge in [0.25, 0.3) is 0 Å². The Morgan fingerprint density at radius 3 is 2.56 bits per heavy atom. The summed E-state index contributed by atoms with van der Waals surface area (Å²) in [5.41, 5.74) is 1.81. The Labute approximate surface area is 98.5 Å². The summed E-state index contributed by atoms with van der Waals surface area (Å²) in [4.78, 5) is 0. The zero-order valence-electron chi connectivity index (χ0n) is 10.4. The fourth-order valence-electron chi connectivity index (χ4n) is 2.99. The van der Waals surface area contributed by atoms with Gasteiger partial charge in [0.2, 0.25) is 0 Å². The molecule has 1 saturated carbocycles. The van der Waals surface area contributed by atoms with Crippen LogP contribution in [-0.2, 0) is 5.60 Å². The minimum Gasteiger partial charge on any atom is -0.385 e. The van der Waals surface area contributed by atoms with E-state index in [0.717, 1.165) is 24.8 Å². The average Bonchev–Trinajstić information content (AvgIpc) is 2.30. The first-order chi connectivity index (χ1) is 7.66. The summed E-state index contributed by atoms with van der Waals surface area (Å²) < 4.78 is 0. The molecule has 2 unspecified atom stereocenters. The molecular formula is C15H22O. The lowest BCUT2D eigenvalue weighted by molar-refractivity contribution is -0.0557. The monoisotopic (exact) mass is 218 g/mol. The molecule has 1 nitrogen and oxygen atoms in total. The van der Waals surface area contributed by atoms with E-state index in [9.17, 15) is 5.11 Å². The second-order valence-electron chi connectivity index (χ2n) is 5.14. The van der Waals surface area contributed by atoms with Gasteiger partial charge in [-0.2, -0.15) is 0 Å². The topological polar surface area (TPSA) is 20.2 Å². The highest BCUT2D eigenvalue weighted by molar-refractivity contribution is 5.27. The summed E-state index contributed by atoms with van der Waals surface area (Å²) in [5, 5.41) is 10.9. The van der Waals surface area contributed by atoms with Crippen LogP contribution in [0.2, 0.25) is 0 Å². The standard InChI is InChI=1S/C15H22O/c1-3-13-6-4-5-11-15(13,16)14-9-7-12(2)8-10-14/h7-10,13,16H,3-6,11H2,1-2H3. The van der Waals surface area contributed by atoms with E-state index >= 15 is 0 Å². The Morgan fingerprint density at radius 2 is 1.94 bits per heavy atom. The van der Waals surface area contributed by atoms with E-state index < -0.39 is 5.60 Å². The molecule has 1 heteroatoms. The van der Waals surface area contributed by atoms with E-state index in [0.29, 0.717) is 5.92 Å². The molecule has 0 bridgehead atoms. The summed E-state index contributed by atoms with van der Waals surface area (Å²) >= 11 is 0.